The first-order chi connectivity index (χ1) is 15.1. The second-order valence-electron chi connectivity index (χ2n) is 7.49. The summed E-state index contributed by atoms with van der Waals surface area (Å²) in [4.78, 5) is 30.6. The van der Waals surface area contributed by atoms with Crippen LogP contribution in [0.3, 0.4) is 0 Å². The number of hydrogen-bond acceptors (Lipinski definition) is 7. The minimum absolute atomic E-state index is 0.0436. The van der Waals surface area contributed by atoms with E-state index in [1.807, 2.05) is 31.2 Å². The number of carbonyl (C=O) groups is 2. The third-order valence-electron chi connectivity index (χ3n) is 5.22. The smallest absolute Gasteiger partial charge is 0.317 e. The molecule has 0 radical (unpaired) electrons. The van der Waals surface area contributed by atoms with E-state index in [9.17, 15) is 9.59 Å². The number of aryl methyl sites for hydroxylation is 1. The Balaban J connectivity index is 1.20. The Labute approximate surface area is 179 Å². The summed E-state index contributed by atoms with van der Waals surface area (Å²) in [7, 11) is 0. The van der Waals surface area contributed by atoms with Crippen molar-refractivity contribution in [2.24, 2.45) is 5.92 Å². The number of urea groups is 1. The number of nitrogens with one attached hydrogen (secondary N) is 1. The van der Waals surface area contributed by atoms with Crippen molar-refractivity contribution in [3.05, 3.63) is 59.8 Å². The van der Waals surface area contributed by atoms with Gasteiger partial charge in [-0.2, -0.15) is 4.98 Å². The van der Waals surface area contributed by atoms with Crippen LogP contribution in [-0.2, 0) is 22.7 Å². The van der Waals surface area contributed by atoms with Gasteiger partial charge in [0.25, 0.3) is 5.89 Å². The Morgan fingerprint density at radius 1 is 1.19 bits per heavy atom. The molecule has 1 saturated heterocycles. The summed E-state index contributed by atoms with van der Waals surface area (Å²) in [5.41, 5.74) is 1.95. The first kappa shape index (κ1) is 20.6. The molecule has 1 N–H and O–H groups in total. The van der Waals surface area contributed by atoms with Gasteiger partial charge in [0, 0.05) is 18.7 Å². The molecule has 162 valence electrons. The number of benzene rings is 1. The van der Waals surface area contributed by atoms with E-state index in [-0.39, 0.29) is 24.5 Å². The van der Waals surface area contributed by atoms with Crippen molar-refractivity contribution in [3.63, 3.8) is 0 Å². The molecule has 0 spiro atoms. The van der Waals surface area contributed by atoms with Crippen LogP contribution in [0.15, 0.2) is 51.6 Å². The van der Waals surface area contributed by atoms with E-state index in [1.165, 1.54) is 0 Å². The van der Waals surface area contributed by atoms with E-state index < -0.39 is 0 Å². The highest BCUT2D eigenvalue weighted by Crippen LogP contribution is 2.21. The predicted octanol–water partition coefficient (Wildman–Crippen LogP) is 3.30. The Morgan fingerprint density at radius 2 is 1.97 bits per heavy atom. The van der Waals surface area contributed by atoms with Crippen LogP contribution < -0.4 is 5.32 Å². The summed E-state index contributed by atoms with van der Waals surface area (Å²) in [6.45, 7) is 3.27. The number of carbonyl (C=O) groups excluding carboxylic acids is 2. The maximum Gasteiger partial charge on any atom is 0.317 e. The zero-order valence-corrected chi connectivity index (χ0v) is 17.2. The fraction of sp³-hybridized carbons (Fsp3) is 0.364. The minimum atomic E-state index is -0.308. The molecule has 0 atom stereocenters. The number of amides is 2. The van der Waals surface area contributed by atoms with Gasteiger partial charge in [-0.05, 0) is 44.0 Å². The number of ether oxygens (including phenoxy) is 1. The van der Waals surface area contributed by atoms with E-state index in [2.05, 4.69) is 15.5 Å². The number of aromatic nitrogens is 2. The van der Waals surface area contributed by atoms with Gasteiger partial charge in [-0.15, -0.1) is 0 Å². The molecule has 3 heterocycles. The third-order valence-corrected chi connectivity index (χ3v) is 5.22. The van der Waals surface area contributed by atoms with Crippen LogP contribution in [0.4, 0.5) is 4.79 Å². The standard InChI is InChI=1S/C22H24N4O5/c1-15-4-6-16(7-5-15)20-24-19(25-31-20)14-30-21(27)17-8-10-26(11-9-17)22(28)23-13-18-3-2-12-29-18/h2-7,12,17H,8-11,13-14H2,1H3,(H,23,28). The largest absolute Gasteiger partial charge is 0.467 e. The molecule has 3 aromatic rings. The zero-order valence-electron chi connectivity index (χ0n) is 17.2. The van der Waals surface area contributed by atoms with Crippen molar-refractivity contribution in [2.45, 2.75) is 32.9 Å². The van der Waals surface area contributed by atoms with Crippen LogP contribution >= 0.6 is 0 Å². The van der Waals surface area contributed by atoms with Crippen molar-refractivity contribution in [1.29, 1.82) is 0 Å². The highest BCUT2D eigenvalue weighted by Gasteiger charge is 2.28. The number of nitrogens with zero attached hydrogens (tertiary/aromatic N) is 3. The zero-order chi connectivity index (χ0) is 21.6. The van der Waals surface area contributed by atoms with Crippen molar-refractivity contribution in [3.8, 4) is 11.5 Å². The van der Waals surface area contributed by atoms with Crippen LogP contribution in [0.25, 0.3) is 11.5 Å². The molecular weight excluding hydrogens is 400 g/mol. The summed E-state index contributed by atoms with van der Waals surface area (Å²) in [5, 5.41) is 6.69. The van der Waals surface area contributed by atoms with Crippen LogP contribution in [0, 0.1) is 12.8 Å². The van der Waals surface area contributed by atoms with Gasteiger partial charge in [0.2, 0.25) is 5.82 Å². The average Bonchev–Trinajstić information content (AvgIpc) is 3.49. The number of rotatable bonds is 6. The lowest BCUT2D eigenvalue weighted by Crippen LogP contribution is -2.45. The lowest BCUT2D eigenvalue weighted by molar-refractivity contribution is -0.151. The molecule has 1 aliphatic rings. The molecule has 2 amide bonds. The first-order valence-electron chi connectivity index (χ1n) is 10.2. The van der Waals surface area contributed by atoms with Gasteiger partial charge >= 0.3 is 12.0 Å². The molecule has 31 heavy (non-hydrogen) atoms. The molecule has 1 aliphatic heterocycles. The van der Waals surface area contributed by atoms with Crippen molar-refractivity contribution in [1.82, 2.24) is 20.4 Å². The molecule has 0 unspecified atom stereocenters. The number of hydrogen-bond donors (Lipinski definition) is 1. The molecule has 9 nitrogen and oxygen atoms in total. The first-order valence-corrected chi connectivity index (χ1v) is 10.2. The fourth-order valence-electron chi connectivity index (χ4n) is 3.39. The molecular formula is C22H24N4O5. The Hall–Kier alpha value is -3.62. The lowest BCUT2D eigenvalue weighted by Gasteiger charge is -2.30. The van der Waals surface area contributed by atoms with Gasteiger partial charge in [0.05, 0.1) is 18.7 Å². The van der Waals surface area contributed by atoms with E-state index >= 15 is 0 Å². The third kappa shape index (κ3) is 5.30. The highest BCUT2D eigenvalue weighted by molar-refractivity contribution is 5.76. The monoisotopic (exact) mass is 424 g/mol. The molecule has 1 aromatic carbocycles. The minimum Gasteiger partial charge on any atom is -0.467 e. The van der Waals surface area contributed by atoms with Gasteiger partial charge in [-0.25, -0.2) is 4.79 Å². The van der Waals surface area contributed by atoms with Crippen molar-refractivity contribution in [2.75, 3.05) is 13.1 Å². The van der Waals surface area contributed by atoms with Crippen LogP contribution in [0.5, 0.6) is 0 Å². The van der Waals surface area contributed by atoms with Gasteiger partial charge < -0.3 is 23.9 Å². The van der Waals surface area contributed by atoms with Gasteiger partial charge in [0.15, 0.2) is 6.61 Å². The number of furan rings is 1. The van der Waals surface area contributed by atoms with E-state index in [1.54, 1.807) is 23.3 Å². The second-order valence-corrected chi connectivity index (χ2v) is 7.49. The Kier molecular flexibility index (Phi) is 6.30. The normalized spacial score (nSPS) is 14.4. The fourth-order valence-corrected chi connectivity index (χ4v) is 3.39. The van der Waals surface area contributed by atoms with Crippen LogP contribution in [0.2, 0.25) is 0 Å². The highest BCUT2D eigenvalue weighted by atomic mass is 16.5. The summed E-state index contributed by atoms with van der Waals surface area (Å²) >= 11 is 0. The molecule has 2 aromatic heterocycles. The van der Waals surface area contributed by atoms with Crippen LogP contribution in [0.1, 0.15) is 30.0 Å². The number of piperidine rings is 1. The van der Waals surface area contributed by atoms with Crippen molar-refractivity contribution >= 4 is 12.0 Å². The predicted molar refractivity (Wildman–Crippen MR) is 110 cm³/mol. The maximum absolute atomic E-state index is 12.4. The molecule has 0 aliphatic carbocycles. The Morgan fingerprint density at radius 3 is 2.68 bits per heavy atom. The summed E-state index contributed by atoms with van der Waals surface area (Å²) < 4.78 is 15.8. The van der Waals surface area contributed by atoms with Crippen LogP contribution in [-0.4, -0.2) is 40.1 Å². The summed E-state index contributed by atoms with van der Waals surface area (Å²) in [6, 6.07) is 11.1. The SMILES string of the molecule is Cc1ccc(-c2nc(COC(=O)C3CCN(C(=O)NCc4ccco4)CC3)no2)cc1. The summed E-state index contributed by atoms with van der Waals surface area (Å²) in [5.74, 6) is 0.840. The quantitative estimate of drug-likeness (QED) is 0.604. The molecule has 4 rings (SSSR count). The maximum atomic E-state index is 12.4. The number of likely N-dealkylation sites (tertiary alicyclic amines) is 1. The van der Waals surface area contributed by atoms with E-state index in [0.717, 1.165) is 11.1 Å². The molecule has 9 heteroatoms. The Bertz CT molecular complexity index is 1000. The van der Waals surface area contributed by atoms with Gasteiger partial charge in [-0.3, -0.25) is 4.79 Å². The molecule has 0 bridgehead atoms. The second kappa shape index (κ2) is 9.46. The number of esters is 1. The topological polar surface area (TPSA) is 111 Å². The van der Waals surface area contributed by atoms with Gasteiger partial charge in [0.1, 0.15) is 5.76 Å². The average molecular weight is 424 g/mol. The molecule has 0 saturated carbocycles. The van der Waals surface area contributed by atoms with E-state index in [4.69, 9.17) is 13.7 Å². The summed E-state index contributed by atoms with van der Waals surface area (Å²) in [6.07, 6.45) is 2.66. The van der Waals surface area contributed by atoms with Crippen molar-refractivity contribution < 1.29 is 23.3 Å². The van der Waals surface area contributed by atoms with Gasteiger partial charge in [-0.1, -0.05) is 22.9 Å². The lowest BCUT2D eigenvalue weighted by atomic mass is 9.97. The molecule has 1 fully saturated rings. The van der Waals surface area contributed by atoms with E-state index in [0.29, 0.717) is 50.0 Å².